The molecule has 0 aromatic heterocycles. The van der Waals surface area contributed by atoms with Crippen molar-refractivity contribution in [1.29, 1.82) is 0 Å². The third-order valence-corrected chi connectivity index (χ3v) is 4.23. The molecule has 0 aliphatic carbocycles. The van der Waals surface area contributed by atoms with Crippen molar-refractivity contribution in [2.45, 2.75) is 39.6 Å². The van der Waals surface area contributed by atoms with Crippen molar-refractivity contribution in [2.75, 3.05) is 6.54 Å². The van der Waals surface area contributed by atoms with Gasteiger partial charge in [-0.1, -0.05) is 30.3 Å². The van der Waals surface area contributed by atoms with Gasteiger partial charge in [-0.15, -0.1) is 0 Å². The third-order valence-electron chi connectivity index (χ3n) is 4.23. The van der Waals surface area contributed by atoms with E-state index >= 15 is 0 Å². The molecule has 2 rings (SSSR count). The Balaban J connectivity index is 2.05. The quantitative estimate of drug-likeness (QED) is 0.845. The monoisotopic (exact) mass is 337 g/mol. The van der Waals surface area contributed by atoms with Gasteiger partial charge in [-0.3, -0.25) is 0 Å². The van der Waals surface area contributed by atoms with Gasteiger partial charge in [0.2, 0.25) is 0 Å². The van der Waals surface area contributed by atoms with Crippen molar-refractivity contribution < 1.29 is 18.3 Å². The first-order chi connectivity index (χ1) is 11.2. The van der Waals surface area contributed by atoms with Gasteiger partial charge in [0.15, 0.2) is 0 Å². The molecule has 0 radical (unpaired) electrons. The Morgan fingerprint density at radius 1 is 1.00 bits per heavy atom. The normalized spacial score (nSPS) is 13.1. The van der Waals surface area contributed by atoms with Crippen LogP contribution < -0.4 is 5.32 Å². The van der Waals surface area contributed by atoms with Gasteiger partial charge in [0.1, 0.15) is 0 Å². The van der Waals surface area contributed by atoms with Crippen LogP contribution in [0.15, 0.2) is 36.4 Å². The van der Waals surface area contributed by atoms with Crippen LogP contribution in [-0.4, -0.2) is 11.7 Å². The smallest absolute Gasteiger partial charge is 0.387 e. The molecule has 5 heteroatoms. The first-order valence-electron chi connectivity index (χ1n) is 7.81. The zero-order valence-corrected chi connectivity index (χ0v) is 14.0. The lowest BCUT2D eigenvalue weighted by Gasteiger charge is -2.18. The highest BCUT2D eigenvalue weighted by atomic mass is 19.4. The second-order valence-corrected chi connectivity index (χ2v) is 6.09. The summed E-state index contributed by atoms with van der Waals surface area (Å²) in [4.78, 5) is 0. The number of aryl methyl sites for hydroxylation is 3. The van der Waals surface area contributed by atoms with Crippen LogP contribution in [0.3, 0.4) is 0 Å². The van der Waals surface area contributed by atoms with Crippen LogP contribution in [0.4, 0.5) is 13.2 Å². The number of halogens is 3. The maximum absolute atomic E-state index is 13.0. The van der Waals surface area contributed by atoms with E-state index in [4.69, 9.17) is 0 Å². The van der Waals surface area contributed by atoms with E-state index < -0.39 is 17.8 Å². The first-order valence-corrected chi connectivity index (χ1v) is 7.81. The van der Waals surface area contributed by atoms with Gasteiger partial charge in [0.05, 0.1) is 11.7 Å². The highest BCUT2D eigenvalue weighted by Crippen LogP contribution is 2.34. The number of alkyl halides is 3. The molecule has 0 saturated carbocycles. The third kappa shape index (κ3) is 4.36. The van der Waals surface area contributed by atoms with E-state index in [1.165, 1.54) is 29.3 Å². The minimum absolute atomic E-state index is 0.0550. The highest BCUT2D eigenvalue weighted by molar-refractivity contribution is 5.36. The molecule has 0 amide bonds. The molecule has 0 aliphatic rings. The molecule has 0 aliphatic heterocycles. The molecule has 1 unspecified atom stereocenters. The fourth-order valence-corrected chi connectivity index (χ4v) is 2.71. The molecule has 0 spiro atoms. The maximum Gasteiger partial charge on any atom is 0.416 e. The molecule has 0 fully saturated rings. The predicted octanol–water partition coefficient (Wildman–Crippen LogP) is 4.45. The number of aliphatic hydroxyl groups excluding tert-OH is 1. The predicted molar refractivity (Wildman–Crippen MR) is 88.8 cm³/mol. The summed E-state index contributed by atoms with van der Waals surface area (Å²) < 4.78 is 39.0. The molecule has 0 bridgehead atoms. The van der Waals surface area contributed by atoms with Gasteiger partial charge in [0, 0.05) is 13.1 Å². The van der Waals surface area contributed by atoms with E-state index in [1.807, 2.05) is 20.8 Å². The van der Waals surface area contributed by atoms with Gasteiger partial charge in [-0.2, -0.15) is 13.2 Å². The topological polar surface area (TPSA) is 32.3 Å². The lowest BCUT2D eigenvalue weighted by molar-refractivity contribution is -0.139. The fraction of sp³-hybridized carbons (Fsp3) is 0.368. The van der Waals surface area contributed by atoms with E-state index in [2.05, 4.69) is 17.4 Å². The zero-order valence-electron chi connectivity index (χ0n) is 14.0. The summed E-state index contributed by atoms with van der Waals surface area (Å²) >= 11 is 0. The molecule has 2 N–H and O–H groups in total. The number of benzene rings is 2. The fourth-order valence-electron chi connectivity index (χ4n) is 2.71. The summed E-state index contributed by atoms with van der Waals surface area (Å²) in [5, 5.41) is 13.2. The van der Waals surface area contributed by atoms with Crippen molar-refractivity contribution >= 4 is 0 Å². The Bertz CT molecular complexity index is 710. The summed E-state index contributed by atoms with van der Waals surface area (Å²) in [5.41, 5.74) is 3.68. The summed E-state index contributed by atoms with van der Waals surface area (Å²) in [6.07, 6.45) is -5.68. The van der Waals surface area contributed by atoms with Crippen molar-refractivity contribution in [3.8, 4) is 0 Å². The molecule has 2 aromatic rings. The Labute approximate surface area is 140 Å². The van der Waals surface area contributed by atoms with Gasteiger partial charge < -0.3 is 10.4 Å². The van der Waals surface area contributed by atoms with Crippen molar-refractivity contribution in [3.05, 3.63) is 69.8 Å². The first kappa shape index (κ1) is 18.5. The molecule has 24 heavy (non-hydrogen) atoms. The number of hydrogen-bond acceptors (Lipinski definition) is 2. The SMILES string of the molecule is Cc1cc(C)c(CNCC(O)c2ccccc2C(F)(F)F)cc1C. The van der Waals surface area contributed by atoms with E-state index in [0.29, 0.717) is 6.54 Å². The average molecular weight is 337 g/mol. The molecule has 0 saturated heterocycles. The summed E-state index contributed by atoms with van der Waals surface area (Å²) in [6, 6.07) is 9.28. The van der Waals surface area contributed by atoms with Crippen LogP contribution in [-0.2, 0) is 12.7 Å². The minimum atomic E-state index is -4.47. The van der Waals surface area contributed by atoms with Crippen LogP contribution >= 0.6 is 0 Å². The second kappa shape index (κ2) is 7.36. The Kier molecular flexibility index (Phi) is 5.67. The molecule has 0 heterocycles. The van der Waals surface area contributed by atoms with E-state index in [9.17, 15) is 18.3 Å². The van der Waals surface area contributed by atoms with Gasteiger partial charge in [-0.05, 0) is 54.7 Å². The Morgan fingerprint density at radius 3 is 2.29 bits per heavy atom. The zero-order chi connectivity index (χ0) is 17.9. The van der Waals surface area contributed by atoms with E-state index in [1.54, 1.807) is 0 Å². The number of rotatable bonds is 5. The minimum Gasteiger partial charge on any atom is -0.387 e. The molecule has 2 nitrogen and oxygen atoms in total. The molecule has 2 aromatic carbocycles. The van der Waals surface area contributed by atoms with E-state index in [0.717, 1.165) is 17.2 Å². The summed E-state index contributed by atoms with van der Waals surface area (Å²) in [7, 11) is 0. The van der Waals surface area contributed by atoms with Gasteiger partial charge >= 0.3 is 6.18 Å². The van der Waals surface area contributed by atoms with Gasteiger partial charge in [-0.25, -0.2) is 0 Å². The van der Waals surface area contributed by atoms with Gasteiger partial charge in [0.25, 0.3) is 0 Å². The molecule has 130 valence electrons. The van der Waals surface area contributed by atoms with Crippen LogP contribution in [0.2, 0.25) is 0 Å². The molecular weight excluding hydrogens is 315 g/mol. The largest absolute Gasteiger partial charge is 0.416 e. The van der Waals surface area contributed by atoms with Crippen LogP contribution in [0.5, 0.6) is 0 Å². The van der Waals surface area contributed by atoms with E-state index in [-0.39, 0.29) is 12.1 Å². The number of hydrogen-bond donors (Lipinski definition) is 2. The standard InChI is InChI=1S/C19H22F3NO/c1-12-8-14(3)15(9-13(12)2)10-23-11-18(24)16-6-4-5-7-17(16)19(20,21)22/h4-9,18,23-24H,10-11H2,1-3H3. The van der Waals surface area contributed by atoms with Crippen molar-refractivity contribution in [2.24, 2.45) is 0 Å². The second-order valence-electron chi connectivity index (χ2n) is 6.09. The molecular formula is C19H22F3NO. The molecule has 1 atom stereocenters. The summed E-state index contributed by atoms with van der Waals surface area (Å²) in [5.74, 6) is 0. The lowest BCUT2D eigenvalue weighted by atomic mass is 10.00. The Hall–Kier alpha value is -1.85. The average Bonchev–Trinajstić information content (AvgIpc) is 2.51. The van der Waals surface area contributed by atoms with Crippen LogP contribution in [0.1, 0.15) is 39.5 Å². The van der Waals surface area contributed by atoms with Crippen molar-refractivity contribution in [1.82, 2.24) is 5.32 Å². The summed E-state index contributed by atoms with van der Waals surface area (Å²) in [6.45, 7) is 6.61. The Morgan fingerprint density at radius 2 is 1.62 bits per heavy atom. The van der Waals surface area contributed by atoms with Crippen molar-refractivity contribution in [3.63, 3.8) is 0 Å². The van der Waals surface area contributed by atoms with Crippen LogP contribution in [0.25, 0.3) is 0 Å². The lowest BCUT2D eigenvalue weighted by Crippen LogP contribution is -2.23. The van der Waals surface area contributed by atoms with Crippen LogP contribution in [0, 0.1) is 20.8 Å². The number of aliphatic hydroxyl groups is 1. The highest BCUT2D eigenvalue weighted by Gasteiger charge is 2.34. The number of nitrogens with one attached hydrogen (secondary N) is 1. The maximum atomic E-state index is 13.0.